The molecule has 22 heavy (non-hydrogen) atoms. The van der Waals surface area contributed by atoms with Crippen molar-refractivity contribution in [3.05, 3.63) is 35.4 Å². The van der Waals surface area contributed by atoms with Crippen LogP contribution in [-0.4, -0.2) is 42.3 Å². The summed E-state index contributed by atoms with van der Waals surface area (Å²) in [5.41, 5.74) is 2.43. The standard InChI is InChI=1S/C17H27N3O2/c1-14-5-4-9-20(12-14)13-16-7-3-2-6-15(16)11-19-17(22)18-8-10-21/h2-3,6-7,14,21H,4-5,8-13H2,1H3,(H2,18,19,22). The predicted octanol–water partition coefficient (Wildman–Crippen LogP) is 1.71. The fourth-order valence-corrected chi connectivity index (χ4v) is 2.96. The number of carbonyl (C=O) groups excluding carboxylic acids is 1. The zero-order valence-corrected chi connectivity index (χ0v) is 13.3. The minimum Gasteiger partial charge on any atom is -0.395 e. The number of rotatable bonds is 6. The van der Waals surface area contributed by atoms with Crippen molar-refractivity contribution in [1.82, 2.24) is 15.5 Å². The summed E-state index contributed by atoms with van der Waals surface area (Å²) in [5.74, 6) is 0.767. The Morgan fingerprint density at radius 3 is 2.82 bits per heavy atom. The van der Waals surface area contributed by atoms with E-state index in [0.717, 1.165) is 31.1 Å². The van der Waals surface area contributed by atoms with E-state index in [9.17, 15) is 4.79 Å². The third-order valence-electron chi connectivity index (χ3n) is 4.09. The van der Waals surface area contributed by atoms with Crippen molar-refractivity contribution in [2.45, 2.75) is 32.9 Å². The first-order valence-electron chi connectivity index (χ1n) is 8.10. The summed E-state index contributed by atoms with van der Waals surface area (Å²) in [6, 6.07) is 8.02. The van der Waals surface area contributed by atoms with Gasteiger partial charge < -0.3 is 15.7 Å². The molecular formula is C17H27N3O2. The van der Waals surface area contributed by atoms with Gasteiger partial charge in [-0.3, -0.25) is 4.90 Å². The average molecular weight is 305 g/mol. The van der Waals surface area contributed by atoms with Gasteiger partial charge in [-0.05, 0) is 36.4 Å². The first-order chi connectivity index (χ1) is 10.7. The van der Waals surface area contributed by atoms with Gasteiger partial charge in [0, 0.05) is 26.2 Å². The van der Waals surface area contributed by atoms with Crippen LogP contribution in [0.25, 0.3) is 0 Å². The monoisotopic (exact) mass is 305 g/mol. The maximum absolute atomic E-state index is 11.6. The third kappa shape index (κ3) is 5.31. The first-order valence-corrected chi connectivity index (χ1v) is 8.10. The third-order valence-corrected chi connectivity index (χ3v) is 4.09. The quantitative estimate of drug-likeness (QED) is 0.750. The summed E-state index contributed by atoms with van der Waals surface area (Å²) >= 11 is 0. The molecule has 1 saturated heterocycles. The molecule has 5 heteroatoms. The fourth-order valence-electron chi connectivity index (χ4n) is 2.96. The van der Waals surface area contributed by atoms with Crippen molar-refractivity contribution < 1.29 is 9.90 Å². The number of nitrogens with one attached hydrogen (secondary N) is 2. The van der Waals surface area contributed by atoms with E-state index in [0.29, 0.717) is 6.54 Å². The SMILES string of the molecule is CC1CCCN(Cc2ccccc2CNC(=O)NCCO)C1. The van der Waals surface area contributed by atoms with Crippen LogP contribution in [0.1, 0.15) is 30.9 Å². The summed E-state index contributed by atoms with van der Waals surface area (Å²) in [6.07, 6.45) is 2.59. The second-order valence-corrected chi connectivity index (χ2v) is 6.08. The number of carbonyl (C=O) groups is 1. The van der Waals surface area contributed by atoms with E-state index < -0.39 is 0 Å². The molecular weight excluding hydrogens is 278 g/mol. The van der Waals surface area contributed by atoms with Gasteiger partial charge in [-0.15, -0.1) is 0 Å². The van der Waals surface area contributed by atoms with Gasteiger partial charge in [0.25, 0.3) is 0 Å². The van der Waals surface area contributed by atoms with Crippen LogP contribution in [-0.2, 0) is 13.1 Å². The number of hydrogen-bond donors (Lipinski definition) is 3. The van der Waals surface area contributed by atoms with Crippen LogP contribution in [0, 0.1) is 5.92 Å². The lowest BCUT2D eigenvalue weighted by Gasteiger charge is -2.31. The summed E-state index contributed by atoms with van der Waals surface area (Å²) in [4.78, 5) is 14.1. The van der Waals surface area contributed by atoms with Gasteiger partial charge in [0.05, 0.1) is 6.61 Å². The van der Waals surface area contributed by atoms with Crippen molar-refractivity contribution in [3.8, 4) is 0 Å². The highest BCUT2D eigenvalue weighted by Crippen LogP contribution is 2.19. The maximum atomic E-state index is 11.6. The van der Waals surface area contributed by atoms with Crippen LogP contribution in [0.15, 0.2) is 24.3 Å². The molecule has 1 fully saturated rings. The number of aliphatic hydroxyl groups excluding tert-OH is 1. The lowest BCUT2D eigenvalue weighted by atomic mass is 9.99. The molecule has 1 heterocycles. The number of amides is 2. The predicted molar refractivity (Wildman–Crippen MR) is 87.4 cm³/mol. The molecule has 3 N–H and O–H groups in total. The Balaban J connectivity index is 1.90. The van der Waals surface area contributed by atoms with Crippen molar-refractivity contribution in [2.75, 3.05) is 26.2 Å². The van der Waals surface area contributed by atoms with Crippen molar-refractivity contribution in [2.24, 2.45) is 5.92 Å². The molecule has 0 aromatic heterocycles. The zero-order valence-electron chi connectivity index (χ0n) is 13.3. The largest absolute Gasteiger partial charge is 0.395 e. The van der Waals surface area contributed by atoms with Gasteiger partial charge >= 0.3 is 6.03 Å². The molecule has 0 spiro atoms. The molecule has 0 bridgehead atoms. The van der Waals surface area contributed by atoms with Crippen molar-refractivity contribution >= 4 is 6.03 Å². The van der Waals surface area contributed by atoms with Gasteiger partial charge in [-0.25, -0.2) is 4.79 Å². The minimum absolute atomic E-state index is 0.0445. The van der Waals surface area contributed by atoms with Gasteiger partial charge in [0.2, 0.25) is 0 Å². The van der Waals surface area contributed by atoms with Gasteiger partial charge in [-0.2, -0.15) is 0 Å². The Morgan fingerprint density at radius 2 is 2.09 bits per heavy atom. The van der Waals surface area contributed by atoms with E-state index in [1.165, 1.54) is 18.4 Å². The molecule has 2 amide bonds. The fraction of sp³-hybridized carbons (Fsp3) is 0.588. The summed E-state index contributed by atoms with van der Waals surface area (Å²) in [7, 11) is 0. The maximum Gasteiger partial charge on any atom is 0.315 e. The average Bonchev–Trinajstić information content (AvgIpc) is 2.52. The number of aliphatic hydroxyl groups is 1. The number of likely N-dealkylation sites (tertiary alicyclic amines) is 1. The number of hydrogen-bond acceptors (Lipinski definition) is 3. The smallest absolute Gasteiger partial charge is 0.315 e. The normalized spacial score (nSPS) is 18.9. The molecule has 122 valence electrons. The van der Waals surface area contributed by atoms with E-state index >= 15 is 0 Å². The number of benzene rings is 1. The second-order valence-electron chi connectivity index (χ2n) is 6.08. The number of piperidine rings is 1. The molecule has 1 aliphatic rings. The van der Waals surface area contributed by atoms with Gasteiger partial charge in [0.1, 0.15) is 0 Å². The van der Waals surface area contributed by atoms with E-state index in [1.54, 1.807) is 0 Å². The highest BCUT2D eigenvalue weighted by atomic mass is 16.3. The van der Waals surface area contributed by atoms with Crippen molar-refractivity contribution in [1.29, 1.82) is 0 Å². The van der Waals surface area contributed by atoms with Crippen LogP contribution in [0.2, 0.25) is 0 Å². The Bertz CT molecular complexity index is 479. The van der Waals surface area contributed by atoms with Crippen molar-refractivity contribution in [3.63, 3.8) is 0 Å². The van der Waals surface area contributed by atoms with E-state index in [4.69, 9.17) is 5.11 Å². The molecule has 1 aromatic rings. The molecule has 0 saturated carbocycles. The van der Waals surface area contributed by atoms with Gasteiger partial charge in [0.15, 0.2) is 0 Å². The van der Waals surface area contributed by atoms with Gasteiger partial charge in [-0.1, -0.05) is 31.2 Å². The lowest BCUT2D eigenvalue weighted by Crippen LogP contribution is -2.37. The topological polar surface area (TPSA) is 64.6 Å². The minimum atomic E-state index is -0.240. The molecule has 5 nitrogen and oxygen atoms in total. The summed E-state index contributed by atoms with van der Waals surface area (Å²) < 4.78 is 0. The van der Waals surface area contributed by atoms with E-state index in [1.807, 2.05) is 6.07 Å². The van der Waals surface area contributed by atoms with E-state index in [2.05, 4.69) is 40.7 Å². The highest BCUT2D eigenvalue weighted by Gasteiger charge is 2.17. The Morgan fingerprint density at radius 1 is 1.32 bits per heavy atom. The molecule has 0 aliphatic carbocycles. The highest BCUT2D eigenvalue weighted by molar-refractivity contribution is 5.73. The first kappa shape index (κ1) is 16.8. The second kappa shape index (κ2) is 8.76. The molecule has 1 unspecified atom stereocenters. The number of urea groups is 1. The summed E-state index contributed by atoms with van der Waals surface area (Å²) in [5, 5.41) is 14.1. The van der Waals surface area contributed by atoms with Crippen LogP contribution < -0.4 is 10.6 Å². The molecule has 2 rings (SSSR count). The molecule has 0 radical (unpaired) electrons. The van der Waals surface area contributed by atoms with Crippen LogP contribution in [0.4, 0.5) is 4.79 Å². The van der Waals surface area contributed by atoms with Crippen LogP contribution >= 0.6 is 0 Å². The molecule has 1 atom stereocenters. The Labute approximate surface area is 132 Å². The Kier molecular flexibility index (Phi) is 6.68. The summed E-state index contributed by atoms with van der Waals surface area (Å²) in [6.45, 7) is 6.31. The van der Waals surface area contributed by atoms with Crippen LogP contribution in [0.3, 0.4) is 0 Å². The van der Waals surface area contributed by atoms with Crippen LogP contribution in [0.5, 0.6) is 0 Å². The molecule has 1 aromatic carbocycles. The molecule has 1 aliphatic heterocycles. The van der Waals surface area contributed by atoms with E-state index in [-0.39, 0.29) is 19.2 Å². The zero-order chi connectivity index (χ0) is 15.8. The Hall–Kier alpha value is -1.59. The lowest BCUT2D eigenvalue weighted by molar-refractivity contribution is 0.176. The number of nitrogens with zero attached hydrogens (tertiary/aromatic N) is 1.